The van der Waals surface area contributed by atoms with Crippen molar-refractivity contribution in [3.63, 3.8) is 0 Å². The van der Waals surface area contributed by atoms with Crippen LogP contribution in [0.5, 0.6) is 0 Å². The largest absolute Gasteiger partial charge is 0.409 e. The lowest BCUT2D eigenvalue weighted by atomic mass is 9.87. The Morgan fingerprint density at radius 1 is 1.24 bits per heavy atom. The summed E-state index contributed by atoms with van der Waals surface area (Å²) in [4.78, 5) is 4.25. The average Bonchev–Trinajstić information content (AvgIpc) is 2.47. The van der Waals surface area contributed by atoms with Crippen LogP contribution in [0.25, 0.3) is 0 Å². The van der Waals surface area contributed by atoms with Gasteiger partial charge < -0.3 is 16.3 Å². The van der Waals surface area contributed by atoms with Crippen LogP contribution in [0.1, 0.15) is 31.9 Å². The van der Waals surface area contributed by atoms with Crippen molar-refractivity contribution in [3.05, 3.63) is 53.7 Å². The highest BCUT2D eigenvalue weighted by Gasteiger charge is 2.13. The van der Waals surface area contributed by atoms with Crippen LogP contribution in [0.15, 0.2) is 47.8 Å². The molecule has 5 heteroatoms. The zero-order chi connectivity index (χ0) is 15.5. The normalized spacial score (nSPS) is 12.2. The number of aromatic nitrogens is 1. The van der Waals surface area contributed by atoms with Gasteiger partial charge in [0.05, 0.1) is 0 Å². The number of nitrogens with one attached hydrogen (secondary N) is 1. The number of anilines is 2. The van der Waals surface area contributed by atoms with Crippen molar-refractivity contribution in [1.82, 2.24) is 4.98 Å². The Labute approximate surface area is 124 Å². The number of hydrogen-bond acceptors (Lipinski definition) is 4. The molecule has 5 nitrogen and oxygen atoms in total. The molecule has 0 aliphatic rings. The van der Waals surface area contributed by atoms with Crippen LogP contribution in [0.2, 0.25) is 0 Å². The Balaban J connectivity index is 2.19. The van der Waals surface area contributed by atoms with Gasteiger partial charge in [-0.15, -0.1) is 0 Å². The van der Waals surface area contributed by atoms with Crippen molar-refractivity contribution in [2.45, 2.75) is 26.2 Å². The van der Waals surface area contributed by atoms with Crippen LogP contribution in [-0.2, 0) is 5.41 Å². The number of nitrogens with two attached hydrogens (primary N) is 1. The monoisotopic (exact) mass is 284 g/mol. The number of pyridine rings is 1. The zero-order valence-electron chi connectivity index (χ0n) is 12.5. The van der Waals surface area contributed by atoms with Gasteiger partial charge in [-0.2, -0.15) is 0 Å². The van der Waals surface area contributed by atoms with Gasteiger partial charge in [-0.25, -0.2) is 4.98 Å². The maximum Gasteiger partial charge on any atom is 0.171 e. The first-order valence-corrected chi connectivity index (χ1v) is 6.71. The van der Waals surface area contributed by atoms with E-state index in [2.05, 4.69) is 48.4 Å². The lowest BCUT2D eigenvalue weighted by Crippen LogP contribution is -2.13. The Morgan fingerprint density at radius 3 is 2.57 bits per heavy atom. The van der Waals surface area contributed by atoms with Crippen molar-refractivity contribution < 1.29 is 5.21 Å². The van der Waals surface area contributed by atoms with Gasteiger partial charge in [0.15, 0.2) is 5.84 Å². The SMILES string of the molecule is CC(C)(C)c1cccc(Nc2ccc(/C(N)=N/O)cn2)c1. The Bertz CT molecular complexity index is 642. The van der Waals surface area contributed by atoms with Gasteiger partial charge in [0.25, 0.3) is 0 Å². The van der Waals surface area contributed by atoms with Crippen LogP contribution in [0, 0.1) is 0 Å². The highest BCUT2D eigenvalue weighted by atomic mass is 16.4. The van der Waals surface area contributed by atoms with E-state index in [1.54, 1.807) is 18.3 Å². The third-order valence-electron chi connectivity index (χ3n) is 3.17. The predicted octanol–water partition coefficient (Wildman–Crippen LogP) is 3.22. The summed E-state index contributed by atoms with van der Waals surface area (Å²) in [5, 5.41) is 14.8. The smallest absolute Gasteiger partial charge is 0.171 e. The van der Waals surface area contributed by atoms with Crippen LogP contribution in [-0.4, -0.2) is 16.0 Å². The zero-order valence-corrected chi connectivity index (χ0v) is 12.5. The lowest BCUT2D eigenvalue weighted by molar-refractivity contribution is 0.318. The number of amidine groups is 1. The molecule has 4 N–H and O–H groups in total. The van der Waals surface area contributed by atoms with Crippen molar-refractivity contribution in [3.8, 4) is 0 Å². The second kappa shape index (κ2) is 5.83. The summed E-state index contributed by atoms with van der Waals surface area (Å²) in [7, 11) is 0. The van der Waals surface area contributed by atoms with Gasteiger partial charge in [-0.05, 0) is 35.2 Å². The van der Waals surface area contributed by atoms with Gasteiger partial charge in [0, 0.05) is 17.4 Å². The van der Waals surface area contributed by atoms with Crippen LogP contribution >= 0.6 is 0 Å². The summed E-state index contributed by atoms with van der Waals surface area (Å²) < 4.78 is 0. The van der Waals surface area contributed by atoms with E-state index in [0.29, 0.717) is 11.4 Å². The predicted molar refractivity (Wildman–Crippen MR) is 85.2 cm³/mol. The first-order chi connectivity index (χ1) is 9.90. The molecule has 0 saturated carbocycles. The maximum absolute atomic E-state index is 8.62. The fourth-order valence-electron chi connectivity index (χ4n) is 1.89. The summed E-state index contributed by atoms with van der Waals surface area (Å²) in [5.41, 5.74) is 8.41. The highest BCUT2D eigenvalue weighted by Crippen LogP contribution is 2.25. The van der Waals surface area contributed by atoms with Gasteiger partial charge >= 0.3 is 0 Å². The topological polar surface area (TPSA) is 83.5 Å². The maximum atomic E-state index is 8.62. The Hall–Kier alpha value is -2.56. The number of rotatable bonds is 3. The molecule has 21 heavy (non-hydrogen) atoms. The van der Waals surface area contributed by atoms with Crippen LogP contribution in [0.3, 0.4) is 0 Å². The third-order valence-corrected chi connectivity index (χ3v) is 3.17. The minimum atomic E-state index is 0.0452. The molecule has 0 atom stereocenters. The molecule has 1 aromatic heterocycles. The molecule has 0 aliphatic heterocycles. The van der Waals surface area contributed by atoms with E-state index < -0.39 is 0 Å². The molecule has 0 bridgehead atoms. The summed E-state index contributed by atoms with van der Waals surface area (Å²) in [6, 6.07) is 11.8. The highest BCUT2D eigenvalue weighted by molar-refractivity contribution is 5.96. The Morgan fingerprint density at radius 2 is 2.00 bits per heavy atom. The first kappa shape index (κ1) is 14.8. The Kier molecular flexibility index (Phi) is 4.12. The molecule has 1 aromatic carbocycles. The molecule has 110 valence electrons. The van der Waals surface area contributed by atoms with E-state index in [9.17, 15) is 0 Å². The number of hydrogen-bond donors (Lipinski definition) is 3. The second-order valence-electron chi connectivity index (χ2n) is 5.87. The van der Waals surface area contributed by atoms with Gasteiger partial charge in [-0.1, -0.05) is 38.1 Å². The number of nitrogens with zero attached hydrogens (tertiary/aromatic N) is 2. The minimum absolute atomic E-state index is 0.0452. The fraction of sp³-hybridized carbons (Fsp3) is 0.250. The van der Waals surface area contributed by atoms with Crippen LogP contribution < -0.4 is 11.1 Å². The fourth-order valence-corrected chi connectivity index (χ4v) is 1.89. The number of oxime groups is 1. The molecule has 0 unspecified atom stereocenters. The molecule has 0 spiro atoms. The molecule has 0 aliphatic carbocycles. The summed E-state index contributed by atoms with van der Waals surface area (Å²) >= 11 is 0. The van der Waals surface area contributed by atoms with E-state index in [0.717, 1.165) is 5.69 Å². The molecule has 0 amide bonds. The van der Waals surface area contributed by atoms with E-state index in [1.807, 2.05) is 12.1 Å². The molecule has 0 saturated heterocycles. The quantitative estimate of drug-likeness (QED) is 0.350. The number of benzene rings is 1. The second-order valence-corrected chi connectivity index (χ2v) is 5.87. The van der Waals surface area contributed by atoms with Crippen molar-refractivity contribution in [1.29, 1.82) is 0 Å². The summed E-state index contributed by atoms with van der Waals surface area (Å²) in [6.45, 7) is 6.53. The standard InChI is InChI=1S/C16H20N4O/c1-16(2,3)12-5-4-6-13(9-12)19-14-8-7-11(10-18-14)15(17)20-21/h4-10,21H,1-3H3,(H2,17,20)(H,18,19). The van der Waals surface area contributed by atoms with E-state index >= 15 is 0 Å². The molecule has 2 aromatic rings. The molecule has 0 fully saturated rings. The first-order valence-electron chi connectivity index (χ1n) is 6.71. The van der Waals surface area contributed by atoms with Gasteiger partial charge in [0.2, 0.25) is 0 Å². The lowest BCUT2D eigenvalue weighted by Gasteiger charge is -2.20. The van der Waals surface area contributed by atoms with Crippen LogP contribution in [0.4, 0.5) is 11.5 Å². The summed E-state index contributed by atoms with van der Waals surface area (Å²) in [6.07, 6.45) is 1.56. The summed E-state index contributed by atoms with van der Waals surface area (Å²) in [5.74, 6) is 0.749. The van der Waals surface area contributed by atoms with E-state index in [-0.39, 0.29) is 11.3 Å². The molecule has 0 radical (unpaired) electrons. The van der Waals surface area contributed by atoms with E-state index in [1.165, 1.54) is 5.56 Å². The molecule has 2 rings (SSSR count). The van der Waals surface area contributed by atoms with Gasteiger partial charge in [0.1, 0.15) is 5.82 Å². The van der Waals surface area contributed by atoms with Gasteiger partial charge in [-0.3, -0.25) is 0 Å². The van der Waals surface area contributed by atoms with Crippen molar-refractivity contribution >= 4 is 17.3 Å². The van der Waals surface area contributed by atoms with Crippen molar-refractivity contribution in [2.24, 2.45) is 10.9 Å². The molecule has 1 heterocycles. The van der Waals surface area contributed by atoms with Crippen molar-refractivity contribution in [2.75, 3.05) is 5.32 Å². The van der Waals surface area contributed by atoms with E-state index in [4.69, 9.17) is 10.9 Å². The molecular weight excluding hydrogens is 264 g/mol. The molecular formula is C16H20N4O. The third kappa shape index (κ3) is 3.72. The average molecular weight is 284 g/mol. The minimum Gasteiger partial charge on any atom is -0.409 e.